The SMILES string of the molecule is N#CC1COCCN1C(=O)Cc1ccc(F)cc1Cl. The maximum absolute atomic E-state index is 12.9. The van der Waals surface area contributed by atoms with E-state index in [9.17, 15) is 9.18 Å². The Labute approximate surface area is 115 Å². The van der Waals surface area contributed by atoms with Gasteiger partial charge in [0, 0.05) is 11.6 Å². The zero-order valence-corrected chi connectivity index (χ0v) is 10.9. The summed E-state index contributed by atoms with van der Waals surface area (Å²) in [6.07, 6.45) is 0.0529. The number of benzene rings is 1. The Morgan fingerprint density at radius 3 is 3.11 bits per heavy atom. The summed E-state index contributed by atoms with van der Waals surface area (Å²) >= 11 is 5.88. The minimum absolute atomic E-state index is 0.0529. The van der Waals surface area contributed by atoms with E-state index < -0.39 is 11.9 Å². The van der Waals surface area contributed by atoms with Gasteiger partial charge >= 0.3 is 0 Å². The highest BCUT2D eigenvalue weighted by molar-refractivity contribution is 6.31. The van der Waals surface area contributed by atoms with E-state index in [0.717, 1.165) is 0 Å². The number of carbonyl (C=O) groups is 1. The van der Waals surface area contributed by atoms with Gasteiger partial charge in [0.05, 0.1) is 25.7 Å². The number of nitrogens with zero attached hydrogens (tertiary/aromatic N) is 2. The van der Waals surface area contributed by atoms with Crippen LogP contribution in [0.2, 0.25) is 5.02 Å². The van der Waals surface area contributed by atoms with Crippen LogP contribution >= 0.6 is 11.6 Å². The fraction of sp³-hybridized carbons (Fsp3) is 0.385. The standard InChI is InChI=1S/C13H12ClFN2O2/c14-12-6-10(15)2-1-9(12)5-13(18)17-3-4-19-8-11(17)7-16/h1-2,6,11H,3-5,8H2. The van der Waals surface area contributed by atoms with Crippen molar-refractivity contribution in [2.24, 2.45) is 0 Å². The Kier molecular flexibility index (Phi) is 4.35. The number of ether oxygens (including phenoxy) is 1. The molecule has 0 radical (unpaired) electrons. The normalized spacial score (nSPS) is 19.0. The Morgan fingerprint density at radius 1 is 1.63 bits per heavy atom. The van der Waals surface area contributed by atoms with Crippen LogP contribution in [0.15, 0.2) is 18.2 Å². The third kappa shape index (κ3) is 3.22. The molecule has 1 amide bonds. The molecule has 1 saturated heterocycles. The number of amides is 1. The van der Waals surface area contributed by atoms with Crippen molar-refractivity contribution < 1.29 is 13.9 Å². The van der Waals surface area contributed by atoms with Crippen LogP contribution in [0.1, 0.15) is 5.56 Å². The zero-order valence-electron chi connectivity index (χ0n) is 10.1. The molecule has 2 rings (SSSR count). The molecule has 100 valence electrons. The van der Waals surface area contributed by atoms with E-state index in [1.54, 1.807) is 0 Å². The molecule has 19 heavy (non-hydrogen) atoms. The van der Waals surface area contributed by atoms with Crippen LogP contribution in [0.5, 0.6) is 0 Å². The molecule has 1 fully saturated rings. The van der Waals surface area contributed by atoms with Crippen molar-refractivity contribution in [3.8, 4) is 6.07 Å². The second-order valence-corrected chi connectivity index (χ2v) is 4.63. The molecule has 1 aromatic rings. The first kappa shape index (κ1) is 13.8. The van der Waals surface area contributed by atoms with Crippen molar-refractivity contribution in [1.82, 2.24) is 4.90 Å². The predicted octanol–water partition coefficient (Wildman–Crippen LogP) is 1.77. The maximum Gasteiger partial charge on any atom is 0.228 e. The smallest absolute Gasteiger partial charge is 0.228 e. The molecule has 1 aromatic carbocycles. The number of carbonyl (C=O) groups excluding carboxylic acids is 1. The highest BCUT2D eigenvalue weighted by Gasteiger charge is 2.27. The lowest BCUT2D eigenvalue weighted by atomic mass is 10.1. The minimum atomic E-state index is -0.569. The van der Waals surface area contributed by atoms with E-state index in [1.165, 1.54) is 23.1 Å². The average Bonchev–Trinajstić information content (AvgIpc) is 2.41. The summed E-state index contributed by atoms with van der Waals surface area (Å²) < 4.78 is 18.1. The summed E-state index contributed by atoms with van der Waals surface area (Å²) in [4.78, 5) is 13.6. The lowest BCUT2D eigenvalue weighted by Gasteiger charge is -2.31. The Morgan fingerprint density at radius 2 is 2.42 bits per heavy atom. The predicted molar refractivity (Wildman–Crippen MR) is 67.0 cm³/mol. The van der Waals surface area contributed by atoms with Crippen molar-refractivity contribution in [2.45, 2.75) is 12.5 Å². The van der Waals surface area contributed by atoms with E-state index in [-0.39, 0.29) is 24.0 Å². The van der Waals surface area contributed by atoms with Crippen LogP contribution in [-0.2, 0) is 16.0 Å². The van der Waals surface area contributed by atoms with Gasteiger partial charge < -0.3 is 9.64 Å². The molecule has 0 aliphatic carbocycles. The van der Waals surface area contributed by atoms with E-state index >= 15 is 0 Å². The highest BCUT2D eigenvalue weighted by Crippen LogP contribution is 2.19. The van der Waals surface area contributed by atoms with Crippen molar-refractivity contribution in [2.75, 3.05) is 19.8 Å². The van der Waals surface area contributed by atoms with Crippen LogP contribution in [0.3, 0.4) is 0 Å². The number of nitriles is 1. The fourth-order valence-corrected chi connectivity index (χ4v) is 2.17. The quantitative estimate of drug-likeness (QED) is 0.831. The van der Waals surface area contributed by atoms with Crippen LogP contribution in [0.25, 0.3) is 0 Å². The summed E-state index contributed by atoms with van der Waals surface area (Å²) in [5, 5.41) is 9.19. The van der Waals surface area contributed by atoms with Crippen molar-refractivity contribution in [3.63, 3.8) is 0 Å². The first-order valence-electron chi connectivity index (χ1n) is 5.82. The van der Waals surface area contributed by atoms with Crippen LogP contribution in [0, 0.1) is 17.1 Å². The van der Waals surface area contributed by atoms with Gasteiger partial charge in [-0.25, -0.2) is 4.39 Å². The van der Waals surface area contributed by atoms with Crippen LogP contribution in [-0.4, -0.2) is 36.6 Å². The van der Waals surface area contributed by atoms with E-state index in [1.807, 2.05) is 6.07 Å². The van der Waals surface area contributed by atoms with Gasteiger partial charge in [0.25, 0.3) is 0 Å². The minimum Gasteiger partial charge on any atom is -0.376 e. The molecule has 1 unspecified atom stereocenters. The van der Waals surface area contributed by atoms with Gasteiger partial charge in [-0.1, -0.05) is 17.7 Å². The van der Waals surface area contributed by atoms with Crippen molar-refractivity contribution in [3.05, 3.63) is 34.6 Å². The average molecular weight is 283 g/mol. The molecule has 0 N–H and O–H groups in total. The molecule has 0 saturated carbocycles. The first-order valence-corrected chi connectivity index (χ1v) is 6.20. The van der Waals surface area contributed by atoms with Crippen LogP contribution in [0.4, 0.5) is 4.39 Å². The molecule has 1 heterocycles. The lowest BCUT2D eigenvalue weighted by Crippen LogP contribution is -2.48. The van der Waals surface area contributed by atoms with E-state index in [4.69, 9.17) is 21.6 Å². The Bertz CT molecular complexity index is 530. The molecule has 0 spiro atoms. The largest absolute Gasteiger partial charge is 0.376 e. The molecular weight excluding hydrogens is 271 g/mol. The second-order valence-electron chi connectivity index (χ2n) is 4.22. The molecule has 1 aliphatic rings. The molecule has 6 heteroatoms. The van der Waals surface area contributed by atoms with Crippen molar-refractivity contribution >= 4 is 17.5 Å². The second kappa shape index (κ2) is 6.00. The Hall–Kier alpha value is -1.64. The lowest BCUT2D eigenvalue weighted by molar-refractivity contribution is -0.136. The molecule has 1 aliphatic heterocycles. The summed E-state index contributed by atoms with van der Waals surface area (Å²) in [6, 6.07) is 5.38. The van der Waals surface area contributed by atoms with Gasteiger partial charge in [0.1, 0.15) is 11.9 Å². The van der Waals surface area contributed by atoms with Gasteiger partial charge in [-0.3, -0.25) is 4.79 Å². The first-order chi connectivity index (χ1) is 9.11. The van der Waals surface area contributed by atoms with Gasteiger partial charge in [-0.05, 0) is 17.7 Å². The molecule has 0 bridgehead atoms. The summed E-state index contributed by atoms with van der Waals surface area (Å²) in [5.41, 5.74) is 0.552. The van der Waals surface area contributed by atoms with E-state index in [2.05, 4.69) is 0 Å². The zero-order chi connectivity index (χ0) is 13.8. The summed E-state index contributed by atoms with van der Waals surface area (Å²) in [7, 11) is 0. The van der Waals surface area contributed by atoms with Gasteiger partial charge in [0.15, 0.2) is 0 Å². The molecule has 0 aromatic heterocycles. The molecule has 1 atom stereocenters. The third-order valence-electron chi connectivity index (χ3n) is 2.95. The molecule has 4 nitrogen and oxygen atoms in total. The number of hydrogen-bond donors (Lipinski definition) is 0. The fourth-order valence-electron chi connectivity index (χ4n) is 1.94. The van der Waals surface area contributed by atoms with Crippen molar-refractivity contribution in [1.29, 1.82) is 5.26 Å². The Balaban J connectivity index is 2.10. The molecular formula is C13H12ClFN2O2. The number of morpholine rings is 1. The topological polar surface area (TPSA) is 53.3 Å². The van der Waals surface area contributed by atoms with Crippen LogP contribution < -0.4 is 0 Å². The number of hydrogen-bond acceptors (Lipinski definition) is 3. The third-order valence-corrected chi connectivity index (χ3v) is 3.31. The number of halogens is 2. The highest BCUT2D eigenvalue weighted by atomic mass is 35.5. The van der Waals surface area contributed by atoms with Gasteiger partial charge in [-0.2, -0.15) is 5.26 Å². The summed E-state index contributed by atoms with van der Waals surface area (Å²) in [6.45, 7) is 1.02. The van der Waals surface area contributed by atoms with Gasteiger partial charge in [0.2, 0.25) is 5.91 Å². The monoisotopic (exact) mass is 282 g/mol. The maximum atomic E-state index is 12.9. The summed E-state index contributed by atoms with van der Waals surface area (Å²) in [5.74, 6) is -0.647. The van der Waals surface area contributed by atoms with Gasteiger partial charge in [-0.15, -0.1) is 0 Å². The number of rotatable bonds is 2. The van der Waals surface area contributed by atoms with E-state index in [0.29, 0.717) is 18.7 Å².